The van der Waals surface area contributed by atoms with Crippen LogP contribution >= 0.6 is 0 Å². The Labute approximate surface area is 165 Å². The number of carbonyl (C=O) groups is 1. The van der Waals surface area contributed by atoms with E-state index in [1.54, 1.807) is 25.1 Å². The van der Waals surface area contributed by atoms with Crippen LogP contribution in [-0.2, 0) is 0 Å². The van der Waals surface area contributed by atoms with Crippen LogP contribution in [0.1, 0.15) is 40.2 Å². The van der Waals surface area contributed by atoms with Crippen molar-refractivity contribution in [3.05, 3.63) is 59.2 Å². The lowest BCUT2D eigenvalue weighted by atomic mass is 9.75. The molecule has 4 aliphatic heterocycles. The lowest BCUT2D eigenvalue weighted by Gasteiger charge is -2.51. The molecular weight excluding hydrogens is 352 g/mol. The normalized spacial score (nSPS) is 31.0. The van der Waals surface area contributed by atoms with Crippen molar-refractivity contribution in [1.82, 2.24) is 9.80 Å². The van der Waals surface area contributed by atoms with Gasteiger partial charge >= 0.3 is 0 Å². The van der Waals surface area contributed by atoms with Gasteiger partial charge < -0.3 is 15.1 Å². The molecule has 2 aromatic rings. The summed E-state index contributed by atoms with van der Waals surface area (Å²) >= 11 is 0. The summed E-state index contributed by atoms with van der Waals surface area (Å²) in [5.74, 6) is 1.18. The van der Waals surface area contributed by atoms with Crippen LogP contribution in [0.4, 0.5) is 0 Å². The fraction of sp³-hybridized carbons (Fsp3) is 0.435. The fourth-order valence-corrected chi connectivity index (χ4v) is 5.71. The summed E-state index contributed by atoms with van der Waals surface area (Å²) < 4.78 is 0. The summed E-state index contributed by atoms with van der Waals surface area (Å²) in [6.07, 6.45) is 2.27. The SMILES string of the molecule is Cc1c(O)cccc1C(=O)N1C[C@@H](c2cccc(O)c2)[C@@H]2[C@H]1C1CCN2CC1. The number of rotatable bonds is 2. The van der Waals surface area contributed by atoms with Crippen LogP contribution in [0.5, 0.6) is 11.5 Å². The molecule has 5 nitrogen and oxygen atoms in total. The zero-order valence-electron chi connectivity index (χ0n) is 16.1. The summed E-state index contributed by atoms with van der Waals surface area (Å²) in [5, 5.41) is 20.1. The van der Waals surface area contributed by atoms with Gasteiger partial charge in [-0.15, -0.1) is 0 Å². The highest BCUT2D eigenvalue weighted by atomic mass is 16.3. The molecule has 1 amide bonds. The van der Waals surface area contributed by atoms with E-state index in [1.165, 1.54) is 0 Å². The Morgan fingerprint density at radius 1 is 1.04 bits per heavy atom. The summed E-state index contributed by atoms with van der Waals surface area (Å²) in [6, 6.07) is 13.2. The molecule has 4 aliphatic rings. The second-order valence-electron chi connectivity index (χ2n) is 8.46. The molecule has 2 aromatic carbocycles. The highest BCUT2D eigenvalue weighted by Crippen LogP contribution is 2.47. The first-order valence-electron chi connectivity index (χ1n) is 10.2. The van der Waals surface area contributed by atoms with Gasteiger partial charge in [0.05, 0.1) is 6.04 Å². The number of amides is 1. The number of piperidine rings is 3. The molecule has 0 aliphatic carbocycles. The van der Waals surface area contributed by atoms with Gasteiger partial charge in [0.15, 0.2) is 0 Å². The van der Waals surface area contributed by atoms with Crippen LogP contribution in [0.3, 0.4) is 0 Å². The number of likely N-dealkylation sites (tertiary alicyclic amines) is 1. The molecule has 2 bridgehead atoms. The highest BCUT2D eigenvalue weighted by molar-refractivity contribution is 5.97. The van der Waals surface area contributed by atoms with E-state index in [0.717, 1.165) is 31.5 Å². The third kappa shape index (κ3) is 2.60. The third-order valence-corrected chi connectivity index (χ3v) is 7.09. The van der Waals surface area contributed by atoms with Crippen molar-refractivity contribution >= 4 is 5.91 Å². The Kier molecular flexibility index (Phi) is 4.09. The smallest absolute Gasteiger partial charge is 0.254 e. The van der Waals surface area contributed by atoms with Crippen molar-refractivity contribution in [1.29, 1.82) is 0 Å². The summed E-state index contributed by atoms with van der Waals surface area (Å²) in [5.41, 5.74) is 2.34. The molecule has 6 rings (SSSR count). The number of hydrogen-bond donors (Lipinski definition) is 2. The lowest BCUT2D eigenvalue weighted by Crippen LogP contribution is -2.60. The summed E-state index contributed by atoms with van der Waals surface area (Å²) in [6.45, 7) is 4.64. The van der Waals surface area contributed by atoms with Gasteiger partial charge in [-0.2, -0.15) is 0 Å². The molecular formula is C23H26N2O3. The van der Waals surface area contributed by atoms with Crippen LogP contribution < -0.4 is 0 Å². The zero-order valence-corrected chi connectivity index (χ0v) is 16.1. The van der Waals surface area contributed by atoms with Gasteiger partial charge in [0, 0.05) is 29.6 Å². The second-order valence-corrected chi connectivity index (χ2v) is 8.46. The zero-order chi connectivity index (χ0) is 19.4. The van der Waals surface area contributed by atoms with E-state index in [9.17, 15) is 15.0 Å². The highest BCUT2D eigenvalue weighted by Gasteiger charge is 2.54. The largest absolute Gasteiger partial charge is 0.508 e. The molecule has 146 valence electrons. The number of carbonyl (C=O) groups excluding carboxylic acids is 1. The first-order chi connectivity index (χ1) is 13.5. The number of aromatic hydroxyl groups is 2. The van der Waals surface area contributed by atoms with Gasteiger partial charge in [0.1, 0.15) is 11.5 Å². The Bertz CT molecular complexity index is 920. The molecule has 0 spiro atoms. The first-order valence-corrected chi connectivity index (χ1v) is 10.2. The second kappa shape index (κ2) is 6.52. The first kappa shape index (κ1) is 17.6. The molecule has 0 aromatic heterocycles. The van der Waals surface area contributed by atoms with Crippen molar-refractivity contribution in [2.45, 2.75) is 37.8 Å². The molecule has 2 N–H and O–H groups in total. The maximum absolute atomic E-state index is 13.5. The quantitative estimate of drug-likeness (QED) is 0.843. The molecule has 4 saturated heterocycles. The Balaban J connectivity index is 1.55. The third-order valence-electron chi connectivity index (χ3n) is 7.09. The van der Waals surface area contributed by atoms with Crippen LogP contribution in [0, 0.1) is 12.8 Å². The Morgan fingerprint density at radius 3 is 2.54 bits per heavy atom. The van der Waals surface area contributed by atoms with Crippen molar-refractivity contribution in [3.8, 4) is 11.5 Å². The van der Waals surface area contributed by atoms with Crippen LogP contribution in [0.2, 0.25) is 0 Å². The van der Waals surface area contributed by atoms with Crippen LogP contribution in [-0.4, -0.2) is 57.6 Å². The maximum atomic E-state index is 13.5. The minimum Gasteiger partial charge on any atom is -0.508 e. The summed E-state index contributed by atoms with van der Waals surface area (Å²) in [7, 11) is 0. The lowest BCUT2D eigenvalue weighted by molar-refractivity contribution is -0.00344. The summed E-state index contributed by atoms with van der Waals surface area (Å²) in [4.78, 5) is 18.1. The van der Waals surface area contributed by atoms with Crippen molar-refractivity contribution < 1.29 is 15.0 Å². The van der Waals surface area contributed by atoms with Gasteiger partial charge in [0.2, 0.25) is 0 Å². The predicted molar refractivity (Wildman–Crippen MR) is 107 cm³/mol. The van der Waals surface area contributed by atoms with E-state index in [1.807, 2.05) is 18.2 Å². The molecule has 5 heteroatoms. The van der Waals surface area contributed by atoms with E-state index < -0.39 is 0 Å². The molecule has 28 heavy (non-hydrogen) atoms. The van der Waals surface area contributed by atoms with E-state index >= 15 is 0 Å². The van der Waals surface area contributed by atoms with E-state index in [0.29, 0.717) is 29.6 Å². The molecule has 4 heterocycles. The molecule has 3 atom stereocenters. The van der Waals surface area contributed by atoms with Crippen LogP contribution in [0.15, 0.2) is 42.5 Å². The van der Waals surface area contributed by atoms with E-state index in [-0.39, 0.29) is 29.4 Å². The number of nitrogens with zero attached hydrogens (tertiary/aromatic N) is 2. The van der Waals surface area contributed by atoms with E-state index in [2.05, 4.69) is 15.9 Å². The van der Waals surface area contributed by atoms with Gasteiger partial charge in [-0.25, -0.2) is 0 Å². The molecule has 0 saturated carbocycles. The molecule has 0 unspecified atom stereocenters. The number of benzene rings is 2. The molecule has 4 fully saturated rings. The topological polar surface area (TPSA) is 64.0 Å². The van der Waals surface area contributed by atoms with Crippen molar-refractivity contribution in [2.24, 2.45) is 5.92 Å². The van der Waals surface area contributed by atoms with Crippen molar-refractivity contribution in [3.63, 3.8) is 0 Å². The average molecular weight is 378 g/mol. The van der Waals surface area contributed by atoms with Gasteiger partial charge in [-0.05, 0) is 68.6 Å². The average Bonchev–Trinajstić information content (AvgIpc) is 3.13. The minimum absolute atomic E-state index is 0.0137. The van der Waals surface area contributed by atoms with Crippen molar-refractivity contribution in [2.75, 3.05) is 19.6 Å². The molecule has 0 radical (unpaired) electrons. The van der Waals surface area contributed by atoms with Gasteiger partial charge in [-0.1, -0.05) is 18.2 Å². The van der Waals surface area contributed by atoms with Gasteiger partial charge in [-0.3, -0.25) is 9.69 Å². The standard InChI is InChI=1S/C23H26N2O3/c1-14-18(6-3-7-20(14)27)23(28)25-13-19(16-4-2-5-17(26)12-16)22-21(25)15-8-10-24(22)11-9-15/h2-7,12,15,19,21-22,26-27H,8-11,13H2,1H3/t19-,21+,22+/m0/s1. The Hall–Kier alpha value is -2.53. The Morgan fingerprint density at radius 2 is 1.79 bits per heavy atom. The number of phenols is 2. The monoisotopic (exact) mass is 378 g/mol. The maximum Gasteiger partial charge on any atom is 0.254 e. The number of hydrogen-bond acceptors (Lipinski definition) is 4. The van der Waals surface area contributed by atoms with E-state index in [4.69, 9.17) is 0 Å². The predicted octanol–water partition coefficient (Wildman–Crippen LogP) is 3.11. The minimum atomic E-state index is 0.0137. The fourth-order valence-electron chi connectivity index (χ4n) is 5.71. The number of phenolic OH excluding ortho intramolecular Hbond substituents is 2. The van der Waals surface area contributed by atoms with Crippen LogP contribution in [0.25, 0.3) is 0 Å². The van der Waals surface area contributed by atoms with Gasteiger partial charge in [0.25, 0.3) is 5.91 Å². The number of fused-ring (bicyclic) bond motifs is 2.